The molecule has 1 aliphatic heterocycles. The lowest BCUT2D eigenvalue weighted by atomic mass is 10.00. The highest BCUT2D eigenvalue weighted by Gasteiger charge is 2.36. The molecule has 2 heterocycles. The van der Waals surface area contributed by atoms with Crippen molar-refractivity contribution in [3.63, 3.8) is 0 Å². The van der Waals surface area contributed by atoms with E-state index in [4.69, 9.17) is 6.42 Å². The summed E-state index contributed by atoms with van der Waals surface area (Å²) in [5.41, 5.74) is 2.51. The lowest BCUT2D eigenvalue weighted by Gasteiger charge is -2.42. The lowest BCUT2D eigenvalue weighted by molar-refractivity contribution is -0.127. The van der Waals surface area contributed by atoms with Crippen molar-refractivity contribution < 1.29 is 4.79 Å². The summed E-state index contributed by atoms with van der Waals surface area (Å²) in [6, 6.07) is 13.2. The van der Waals surface area contributed by atoms with Gasteiger partial charge in [-0.2, -0.15) is 0 Å². The maximum Gasteiger partial charge on any atom is 0.244 e. The van der Waals surface area contributed by atoms with E-state index in [0.717, 1.165) is 48.3 Å². The molecular weight excluding hydrogens is 400 g/mol. The van der Waals surface area contributed by atoms with Crippen molar-refractivity contribution >= 4 is 34.0 Å². The standard InChI is InChI=1S/C25H28N6O/c1-5-18-7-6-8-19(15-18)28-23-21-16-20(9-10-22(21)26-17-27-23)29-24(32)25(2,3)31-13-11-30(4)12-14-31/h1,6-10,15-17H,11-14H2,2-4H3,(H,29,32)(H,26,27,28). The lowest BCUT2D eigenvalue weighted by Crippen LogP contribution is -2.58. The first kappa shape index (κ1) is 21.8. The summed E-state index contributed by atoms with van der Waals surface area (Å²) in [6.45, 7) is 7.60. The summed E-state index contributed by atoms with van der Waals surface area (Å²) in [5, 5.41) is 7.22. The number of benzene rings is 2. The normalized spacial score (nSPS) is 15.3. The van der Waals surface area contributed by atoms with Gasteiger partial charge in [0, 0.05) is 48.5 Å². The number of piperazine rings is 1. The van der Waals surface area contributed by atoms with Crippen LogP contribution in [-0.2, 0) is 4.79 Å². The van der Waals surface area contributed by atoms with Gasteiger partial charge in [-0.1, -0.05) is 12.0 Å². The molecule has 2 aromatic carbocycles. The van der Waals surface area contributed by atoms with Crippen molar-refractivity contribution in [2.24, 2.45) is 0 Å². The minimum absolute atomic E-state index is 0.0329. The molecule has 1 fully saturated rings. The molecule has 32 heavy (non-hydrogen) atoms. The number of aromatic nitrogens is 2. The van der Waals surface area contributed by atoms with Crippen LogP contribution in [-0.4, -0.2) is 64.4 Å². The Hall–Kier alpha value is -3.47. The smallest absolute Gasteiger partial charge is 0.244 e. The van der Waals surface area contributed by atoms with E-state index in [1.165, 1.54) is 6.33 Å². The van der Waals surface area contributed by atoms with Gasteiger partial charge < -0.3 is 15.5 Å². The molecule has 0 saturated carbocycles. The molecule has 3 aromatic rings. The number of amides is 1. The van der Waals surface area contributed by atoms with E-state index in [0.29, 0.717) is 11.5 Å². The summed E-state index contributed by atoms with van der Waals surface area (Å²) < 4.78 is 0. The Bertz CT molecular complexity index is 1170. The van der Waals surface area contributed by atoms with E-state index in [1.54, 1.807) is 0 Å². The number of rotatable bonds is 5. The Morgan fingerprint density at radius 1 is 1.06 bits per heavy atom. The Morgan fingerprint density at radius 2 is 1.84 bits per heavy atom. The maximum absolute atomic E-state index is 13.2. The third-order valence-electron chi connectivity index (χ3n) is 6.03. The van der Waals surface area contributed by atoms with Crippen molar-refractivity contribution in [3.05, 3.63) is 54.4 Å². The van der Waals surface area contributed by atoms with Crippen LogP contribution in [0.1, 0.15) is 19.4 Å². The largest absolute Gasteiger partial charge is 0.340 e. The monoisotopic (exact) mass is 428 g/mol. The van der Waals surface area contributed by atoms with E-state index in [9.17, 15) is 4.79 Å². The summed E-state index contributed by atoms with van der Waals surface area (Å²) in [5.74, 6) is 3.26. The molecule has 7 heteroatoms. The minimum atomic E-state index is -0.611. The number of nitrogens with one attached hydrogen (secondary N) is 2. The number of hydrogen-bond donors (Lipinski definition) is 2. The second-order valence-electron chi connectivity index (χ2n) is 8.61. The van der Waals surface area contributed by atoms with Crippen LogP contribution in [0.25, 0.3) is 10.9 Å². The van der Waals surface area contributed by atoms with Crippen LogP contribution in [0.5, 0.6) is 0 Å². The number of likely N-dealkylation sites (N-methyl/N-ethyl adjacent to an activating group) is 1. The van der Waals surface area contributed by atoms with E-state index in [1.807, 2.05) is 56.3 Å². The molecule has 7 nitrogen and oxygen atoms in total. The van der Waals surface area contributed by atoms with Crippen molar-refractivity contribution in [1.29, 1.82) is 0 Å². The molecule has 0 radical (unpaired) electrons. The first-order valence-corrected chi connectivity index (χ1v) is 10.7. The fourth-order valence-electron chi connectivity index (χ4n) is 3.85. The van der Waals surface area contributed by atoms with Gasteiger partial charge in [0.05, 0.1) is 11.1 Å². The van der Waals surface area contributed by atoms with Gasteiger partial charge in [-0.15, -0.1) is 6.42 Å². The highest BCUT2D eigenvalue weighted by Crippen LogP contribution is 2.27. The van der Waals surface area contributed by atoms with Gasteiger partial charge in [0.25, 0.3) is 0 Å². The van der Waals surface area contributed by atoms with Gasteiger partial charge in [-0.05, 0) is 57.3 Å². The van der Waals surface area contributed by atoms with Crippen LogP contribution in [0.15, 0.2) is 48.8 Å². The molecule has 164 valence electrons. The highest BCUT2D eigenvalue weighted by molar-refractivity contribution is 6.00. The number of carbonyl (C=O) groups is 1. The number of hydrogen-bond acceptors (Lipinski definition) is 6. The van der Waals surface area contributed by atoms with E-state index >= 15 is 0 Å². The van der Waals surface area contributed by atoms with Gasteiger partial charge in [-0.3, -0.25) is 9.69 Å². The summed E-state index contributed by atoms with van der Waals surface area (Å²) in [7, 11) is 2.11. The van der Waals surface area contributed by atoms with Crippen molar-refractivity contribution in [2.45, 2.75) is 19.4 Å². The molecule has 4 rings (SSSR count). The number of nitrogens with zero attached hydrogens (tertiary/aromatic N) is 4. The predicted octanol–water partition coefficient (Wildman–Crippen LogP) is 3.32. The maximum atomic E-state index is 13.2. The first-order valence-electron chi connectivity index (χ1n) is 10.7. The second-order valence-corrected chi connectivity index (χ2v) is 8.61. The van der Waals surface area contributed by atoms with Crippen LogP contribution < -0.4 is 10.6 Å². The molecule has 1 aromatic heterocycles. The van der Waals surface area contributed by atoms with Crippen molar-refractivity contribution in [3.8, 4) is 12.3 Å². The molecule has 0 aliphatic carbocycles. The molecule has 2 N–H and O–H groups in total. The fraction of sp³-hybridized carbons (Fsp3) is 0.320. The first-order chi connectivity index (χ1) is 15.4. The van der Waals surface area contributed by atoms with Crippen LogP contribution in [0.3, 0.4) is 0 Å². The Labute approximate surface area is 188 Å². The average Bonchev–Trinajstić information content (AvgIpc) is 2.80. The highest BCUT2D eigenvalue weighted by atomic mass is 16.2. The zero-order valence-electron chi connectivity index (χ0n) is 18.7. The molecule has 0 atom stereocenters. The zero-order valence-corrected chi connectivity index (χ0v) is 18.7. The van der Waals surface area contributed by atoms with E-state index < -0.39 is 5.54 Å². The summed E-state index contributed by atoms with van der Waals surface area (Å²) in [4.78, 5) is 26.4. The zero-order chi connectivity index (χ0) is 22.7. The minimum Gasteiger partial charge on any atom is -0.340 e. The topological polar surface area (TPSA) is 73.4 Å². The van der Waals surface area contributed by atoms with Crippen molar-refractivity contribution in [1.82, 2.24) is 19.8 Å². The van der Waals surface area contributed by atoms with Crippen molar-refractivity contribution in [2.75, 3.05) is 43.9 Å². The van der Waals surface area contributed by atoms with Gasteiger partial charge in [-0.25, -0.2) is 9.97 Å². The number of carbonyl (C=O) groups excluding carboxylic acids is 1. The Kier molecular flexibility index (Phi) is 6.08. The third-order valence-corrected chi connectivity index (χ3v) is 6.03. The van der Waals surface area contributed by atoms with Gasteiger partial charge in [0.1, 0.15) is 12.1 Å². The van der Waals surface area contributed by atoms with Gasteiger partial charge in [0.15, 0.2) is 0 Å². The summed E-state index contributed by atoms with van der Waals surface area (Å²) in [6.07, 6.45) is 7.03. The number of anilines is 3. The fourth-order valence-corrected chi connectivity index (χ4v) is 3.85. The Morgan fingerprint density at radius 3 is 2.59 bits per heavy atom. The van der Waals surface area contributed by atoms with Crippen LogP contribution >= 0.6 is 0 Å². The van der Waals surface area contributed by atoms with E-state index in [-0.39, 0.29) is 5.91 Å². The SMILES string of the molecule is C#Cc1cccc(Nc2ncnc3ccc(NC(=O)C(C)(C)N4CCN(C)CC4)cc23)c1. The predicted molar refractivity (Wildman–Crippen MR) is 129 cm³/mol. The van der Waals surface area contributed by atoms with Crippen LogP contribution in [0, 0.1) is 12.3 Å². The Balaban J connectivity index is 1.57. The van der Waals surface area contributed by atoms with Gasteiger partial charge in [0.2, 0.25) is 5.91 Å². The van der Waals surface area contributed by atoms with Gasteiger partial charge >= 0.3 is 0 Å². The number of fused-ring (bicyclic) bond motifs is 1. The molecule has 0 unspecified atom stereocenters. The molecule has 0 bridgehead atoms. The van der Waals surface area contributed by atoms with Crippen LogP contribution in [0.4, 0.5) is 17.2 Å². The second kappa shape index (κ2) is 8.95. The van der Waals surface area contributed by atoms with Crippen LogP contribution in [0.2, 0.25) is 0 Å². The molecule has 1 aliphatic rings. The molecule has 1 amide bonds. The molecule has 1 saturated heterocycles. The van der Waals surface area contributed by atoms with E-state index in [2.05, 4.69) is 43.4 Å². The molecule has 0 spiro atoms. The quantitative estimate of drug-likeness (QED) is 0.608. The molecular formula is C25H28N6O. The number of terminal acetylenes is 1. The summed E-state index contributed by atoms with van der Waals surface area (Å²) >= 11 is 0. The average molecular weight is 429 g/mol. The third kappa shape index (κ3) is 4.57.